The second-order valence-electron chi connectivity index (χ2n) is 5.44. The van der Waals surface area contributed by atoms with Crippen LogP contribution in [-0.2, 0) is 12.8 Å². The fourth-order valence-corrected chi connectivity index (χ4v) is 2.66. The first-order chi connectivity index (χ1) is 10.3. The molecule has 110 valence electrons. The summed E-state index contributed by atoms with van der Waals surface area (Å²) in [6.45, 7) is 0. The normalized spacial score (nSPS) is 15.2. The lowest BCUT2D eigenvalue weighted by molar-refractivity contribution is 0.0901. The molecular formula is C16H19N3O2. The molecule has 1 aliphatic carbocycles. The van der Waals surface area contributed by atoms with Crippen LogP contribution in [0.15, 0.2) is 34.7 Å². The Balaban J connectivity index is 1.54. The quantitative estimate of drug-likeness (QED) is 0.916. The third kappa shape index (κ3) is 3.68. The Morgan fingerprint density at radius 1 is 1.14 bits per heavy atom. The zero-order valence-corrected chi connectivity index (χ0v) is 11.9. The SMILES string of the molecule is O=C(NC1CCCC1)c1nnc(CCc2ccccc2)o1. The van der Waals surface area contributed by atoms with E-state index in [2.05, 4.69) is 27.6 Å². The summed E-state index contributed by atoms with van der Waals surface area (Å²) in [5.41, 5.74) is 1.22. The molecule has 1 saturated carbocycles. The first kappa shape index (κ1) is 13.8. The zero-order chi connectivity index (χ0) is 14.5. The van der Waals surface area contributed by atoms with Crippen LogP contribution in [0, 0.1) is 0 Å². The molecule has 0 spiro atoms. The number of carbonyl (C=O) groups excluding carboxylic acids is 1. The molecule has 0 bridgehead atoms. The van der Waals surface area contributed by atoms with Gasteiger partial charge in [-0.25, -0.2) is 0 Å². The molecule has 0 aliphatic heterocycles. The van der Waals surface area contributed by atoms with E-state index in [1.54, 1.807) is 0 Å². The van der Waals surface area contributed by atoms with Crippen molar-refractivity contribution in [2.45, 2.75) is 44.6 Å². The van der Waals surface area contributed by atoms with E-state index in [0.717, 1.165) is 19.3 Å². The van der Waals surface area contributed by atoms with Crippen LogP contribution in [0.5, 0.6) is 0 Å². The first-order valence-electron chi connectivity index (χ1n) is 7.48. The highest BCUT2D eigenvalue weighted by atomic mass is 16.4. The van der Waals surface area contributed by atoms with Crippen molar-refractivity contribution in [2.75, 3.05) is 0 Å². The molecule has 1 heterocycles. The Morgan fingerprint density at radius 2 is 1.90 bits per heavy atom. The summed E-state index contributed by atoms with van der Waals surface area (Å²) >= 11 is 0. The topological polar surface area (TPSA) is 68.0 Å². The number of benzene rings is 1. The lowest BCUT2D eigenvalue weighted by Crippen LogP contribution is -2.32. The maximum absolute atomic E-state index is 12.0. The van der Waals surface area contributed by atoms with Gasteiger partial charge in [-0.15, -0.1) is 10.2 Å². The van der Waals surface area contributed by atoms with Gasteiger partial charge in [-0.1, -0.05) is 43.2 Å². The molecule has 0 unspecified atom stereocenters. The summed E-state index contributed by atoms with van der Waals surface area (Å²) in [6.07, 6.45) is 5.91. The number of rotatable bonds is 5. The van der Waals surface area contributed by atoms with Crippen molar-refractivity contribution in [1.82, 2.24) is 15.5 Å². The van der Waals surface area contributed by atoms with Crippen LogP contribution < -0.4 is 5.32 Å². The molecule has 0 atom stereocenters. The molecule has 0 radical (unpaired) electrons. The van der Waals surface area contributed by atoms with Crippen LogP contribution in [0.3, 0.4) is 0 Å². The molecule has 1 aromatic heterocycles. The van der Waals surface area contributed by atoms with Gasteiger partial charge in [0.2, 0.25) is 5.89 Å². The summed E-state index contributed by atoms with van der Waals surface area (Å²) in [4.78, 5) is 12.0. The molecule has 1 aromatic carbocycles. The van der Waals surface area contributed by atoms with Crippen molar-refractivity contribution in [3.63, 3.8) is 0 Å². The molecule has 0 saturated heterocycles. The van der Waals surface area contributed by atoms with Crippen LogP contribution in [0.25, 0.3) is 0 Å². The van der Waals surface area contributed by atoms with Crippen molar-refractivity contribution >= 4 is 5.91 Å². The number of amides is 1. The summed E-state index contributed by atoms with van der Waals surface area (Å²) in [5.74, 6) is 0.334. The molecule has 1 aliphatic rings. The molecule has 21 heavy (non-hydrogen) atoms. The lowest BCUT2D eigenvalue weighted by Gasteiger charge is -2.08. The molecule has 2 aromatic rings. The summed E-state index contributed by atoms with van der Waals surface area (Å²) in [7, 11) is 0. The van der Waals surface area contributed by atoms with Crippen molar-refractivity contribution < 1.29 is 9.21 Å². The van der Waals surface area contributed by atoms with Gasteiger partial charge in [-0.05, 0) is 24.8 Å². The van der Waals surface area contributed by atoms with Crippen LogP contribution in [0.1, 0.15) is 47.8 Å². The Bertz CT molecular complexity index is 589. The van der Waals surface area contributed by atoms with E-state index in [9.17, 15) is 4.79 Å². The Morgan fingerprint density at radius 3 is 2.67 bits per heavy atom. The van der Waals surface area contributed by atoms with Crippen LogP contribution in [0.2, 0.25) is 0 Å². The van der Waals surface area contributed by atoms with Gasteiger partial charge in [0.25, 0.3) is 0 Å². The number of hydrogen-bond acceptors (Lipinski definition) is 4. The van der Waals surface area contributed by atoms with Gasteiger partial charge in [0, 0.05) is 12.5 Å². The fourth-order valence-electron chi connectivity index (χ4n) is 2.66. The van der Waals surface area contributed by atoms with Gasteiger partial charge in [-0.3, -0.25) is 4.79 Å². The summed E-state index contributed by atoms with van der Waals surface area (Å²) < 4.78 is 5.44. The first-order valence-corrected chi connectivity index (χ1v) is 7.48. The van der Waals surface area contributed by atoms with Crippen molar-refractivity contribution in [3.05, 3.63) is 47.7 Å². The Kier molecular flexibility index (Phi) is 4.28. The molecular weight excluding hydrogens is 266 g/mol. The minimum absolute atomic E-state index is 0.0740. The van der Waals surface area contributed by atoms with Gasteiger partial charge in [-0.2, -0.15) is 0 Å². The van der Waals surface area contributed by atoms with Gasteiger partial charge in [0.05, 0.1) is 0 Å². The third-order valence-electron chi connectivity index (χ3n) is 3.82. The number of hydrogen-bond donors (Lipinski definition) is 1. The van der Waals surface area contributed by atoms with E-state index in [0.29, 0.717) is 12.3 Å². The highest BCUT2D eigenvalue weighted by molar-refractivity contribution is 5.89. The minimum atomic E-state index is -0.250. The highest BCUT2D eigenvalue weighted by Gasteiger charge is 2.21. The monoisotopic (exact) mass is 285 g/mol. The van der Waals surface area contributed by atoms with Crippen molar-refractivity contribution in [1.29, 1.82) is 0 Å². The highest BCUT2D eigenvalue weighted by Crippen LogP contribution is 2.18. The molecule has 1 N–H and O–H groups in total. The van der Waals surface area contributed by atoms with Gasteiger partial charge < -0.3 is 9.73 Å². The minimum Gasteiger partial charge on any atom is -0.417 e. The van der Waals surface area contributed by atoms with E-state index in [4.69, 9.17) is 4.42 Å². The van der Waals surface area contributed by atoms with E-state index >= 15 is 0 Å². The van der Waals surface area contributed by atoms with Gasteiger partial charge in [0.1, 0.15) is 0 Å². The maximum Gasteiger partial charge on any atom is 0.309 e. The van der Waals surface area contributed by atoms with Crippen LogP contribution >= 0.6 is 0 Å². The predicted molar refractivity (Wildman–Crippen MR) is 77.9 cm³/mol. The number of nitrogens with zero attached hydrogens (tertiary/aromatic N) is 2. The lowest BCUT2D eigenvalue weighted by atomic mass is 10.1. The van der Waals surface area contributed by atoms with E-state index in [1.807, 2.05) is 18.2 Å². The number of aryl methyl sites for hydroxylation is 2. The van der Waals surface area contributed by atoms with Gasteiger partial charge >= 0.3 is 11.8 Å². The fraction of sp³-hybridized carbons (Fsp3) is 0.438. The maximum atomic E-state index is 12.0. The van der Waals surface area contributed by atoms with Gasteiger partial charge in [0.15, 0.2) is 0 Å². The Labute approximate surface area is 123 Å². The second kappa shape index (κ2) is 6.52. The molecule has 5 heteroatoms. The Hall–Kier alpha value is -2.17. The number of carbonyl (C=O) groups is 1. The predicted octanol–water partition coefficient (Wildman–Crippen LogP) is 2.53. The molecule has 1 amide bonds. The van der Waals surface area contributed by atoms with E-state index < -0.39 is 0 Å². The van der Waals surface area contributed by atoms with Crippen LogP contribution in [0.4, 0.5) is 0 Å². The standard InChI is InChI=1S/C16H19N3O2/c20-15(17-13-8-4-5-9-13)16-19-18-14(21-16)11-10-12-6-2-1-3-7-12/h1-3,6-7,13H,4-5,8-11H2,(H,17,20). The molecule has 5 nitrogen and oxygen atoms in total. The smallest absolute Gasteiger partial charge is 0.309 e. The van der Waals surface area contributed by atoms with E-state index in [-0.39, 0.29) is 17.8 Å². The van der Waals surface area contributed by atoms with Crippen molar-refractivity contribution in [2.24, 2.45) is 0 Å². The molecule has 1 fully saturated rings. The third-order valence-corrected chi connectivity index (χ3v) is 3.82. The number of aromatic nitrogens is 2. The summed E-state index contributed by atoms with van der Waals surface area (Å²) in [6, 6.07) is 10.4. The van der Waals surface area contributed by atoms with Crippen molar-refractivity contribution in [3.8, 4) is 0 Å². The second-order valence-corrected chi connectivity index (χ2v) is 5.44. The average molecular weight is 285 g/mol. The van der Waals surface area contributed by atoms with Crippen LogP contribution in [-0.4, -0.2) is 22.1 Å². The average Bonchev–Trinajstić information content (AvgIpc) is 3.17. The van der Waals surface area contributed by atoms with E-state index in [1.165, 1.54) is 18.4 Å². The molecule has 3 rings (SSSR count). The largest absolute Gasteiger partial charge is 0.417 e. The summed E-state index contributed by atoms with van der Waals surface area (Å²) in [5, 5.41) is 10.7. The number of nitrogens with one attached hydrogen (secondary N) is 1. The zero-order valence-electron chi connectivity index (χ0n) is 11.9.